The fourth-order valence-corrected chi connectivity index (χ4v) is 5.11. The molecule has 0 saturated carbocycles. The summed E-state index contributed by atoms with van der Waals surface area (Å²) in [5.41, 5.74) is 2.97. The van der Waals surface area contributed by atoms with E-state index in [0.717, 1.165) is 17.0 Å². The second-order valence-electron chi connectivity index (χ2n) is 8.37. The Morgan fingerprint density at radius 3 is 2.50 bits per heavy atom. The molecule has 7 nitrogen and oxygen atoms in total. The SMILES string of the molecule is CCOc1ccc([C@H]2C(C(=O)OCCSCC)=C(C)NC3=C2C(=O)[C@H](C(=O)OC)[C@@H](C)C3)cc1. The summed E-state index contributed by atoms with van der Waals surface area (Å²) in [6.45, 7) is 8.46. The number of methoxy groups -OCH3 is 1. The Hall–Kier alpha value is -2.74. The maximum Gasteiger partial charge on any atom is 0.336 e. The molecule has 2 aliphatic rings. The van der Waals surface area contributed by atoms with Gasteiger partial charge in [-0.1, -0.05) is 26.0 Å². The van der Waals surface area contributed by atoms with Gasteiger partial charge in [-0.25, -0.2) is 4.79 Å². The molecule has 0 bridgehead atoms. The van der Waals surface area contributed by atoms with Gasteiger partial charge in [-0.15, -0.1) is 0 Å². The maximum atomic E-state index is 13.7. The van der Waals surface area contributed by atoms with E-state index in [0.29, 0.717) is 41.4 Å². The first-order valence-electron chi connectivity index (χ1n) is 11.6. The summed E-state index contributed by atoms with van der Waals surface area (Å²) < 4.78 is 16.1. The Kier molecular flexibility index (Phi) is 8.83. The predicted molar refractivity (Wildman–Crippen MR) is 131 cm³/mol. The van der Waals surface area contributed by atoms with Crippen LogP contribution in [0.25, 0.3) is 0 Å². The number of rotatable bonds is 9. The first kappa shape index (κ1) is 25.9. The summed E-state index contributed by atoms with van der Waals surface area (Å²) in [5, 5.41) is 3.28. The summed E-state index contributed by atoms with van der Waals surface area (Å²) in [6, 6.07) is 7.37. The molecular weight excluding hydrogens is 454 g/mol. The highest BCUT2D eigenvalue weighted by atomic mass is 32.2. The molecule has 34 heavy (non-hydrogen) atoms. The fourth-order valence-electron chi connectivity index (χ4n) is 4.62. The number of carbonyl (C=O) groups is 3. The number of nitrogens with one attached hydrogen (secondary N) is 1. The van der Waals surface area contributed by atoms with Crippen LogP contribution < -0.4 is 10.1 Å². The van der Waals surface area contributed by atoms with Gasteiger partial charge in [0.15, 0.2) is 5.78 Å². The van der Waals surface area contributed by atoms with E-state index in [4.69, 9.17) is 14.2 Å². The second-order valence-corrected chi connectivity index (χ2v) is 9.76. The molecule has 0 saturated heterocycles. The van der Waals surface area contributed by atoms with Gasteiger partial charge >= 0.3 is 11.9 Å². The third-order valence-corrected chi connectivity index (χ3v) is 7.02. The average Bonchev–Trinajstić information content (AvgIpc) is 2.81. The molecule has 1 aliphatic heterocycles. The first-order valence-corrected chi connectivity index (χ1v) is 12.8. The third-order valence-electron chi connectivity index (χ3n) is 6.15. The molecule has 3 atom stereocenters. The van der Waals surface area contributed by atoms with Crippen molar-refractivity contribution in [2.24, 2.45) is 11.8 Å². The molecule has 0 aromatic heterocycles. The molecule has 1 heterocycles. The number of allylic oxidation sites excluding steroid dienone is 3. The van der Waals surface area contributed by atoms with Crippen LogP contribution in [0.3, 0.4) is 0 Å². The molecule has 0 fully saturated rings. The summed E-state index contributed by atoms with van der Waals surface area (Å²) in [7, 11) is 1.29. The van der Waals surface area contributed by atoms with Crippen LogP contribution in [-0.4, -0.2) is 49.6 Å². The maximum absolute atomic E-state index is 13.7. The smallest absolute Gasteiger partial charge is 0.336 e. The molecule has 1 aliphatic carbocycles. The van der Waals surface area contributed by atoms with Gasteiger partial charge in [0.1, 0.15) is 18.3 Å². The van der Waals surface area contributed by atoms with Gasteiger partial charge in [0, 0.05) is 28.6 Å². The Balaban J connectivity index is 2.06. The van der Waals surface area contributed by atoms with Crippen molar-refractivity contribution in [3.63, 3.8) is 0 Å². The molecule has 0 radical (unpaired) electrons. The highest BCUT2D eigenvalue weighted by Crippen LogP contribution is 2.45. The zero-order chi connectivity index (χ0) is 24.8. The van der Waals surface area contributed by atoms with E-state index < -0.39 is 23.8 Å². The lowest BCUT2D eigenvalue weighted by Gasteiger charge is -2.38. The highest BCUT2D eigenvalue weighted by molar-refractivity contribution is 7.99. The van der Waals surface area contributed by atoms with E-state index >= 15 is 0 Å². The number of carbonyl (C=O) groups excluding carboxylic acids is 3. The molecule has 8 heteroatoms. The first-order chi connectivity index (χ1) is 16.3. The highest BCUT2D eigenvalue weighted by Gasteiger charge is 2.47. The van der Waals surface area contributed by atoms with Crippen molar-refractivity contribution in [2.75, 3.05) is 31.8 Å². The van der Waals surface area contributed by atoms with Gasteiger partial charge in [0.25, 0.3) is 0 Å². The number of hydrogen-bond donors (Lipinski definition) is 1. The van der Waals surface area contributed by atoms with Gasteiger partial charge < -0.3 is 19.5 Å². The van der Waals surface area contributed by atoms with E-state index in [1.165, 1.54) is 7.11 Å². The van der Waals surface area contributed by atoms with Crippen LogP contribution in [0.4, 0.5) is 0 Å². The number of benzene rings is 1. The lowest BCUT2D eigenvalue weighted by molar-refractivity contribution is -0.151. The number of esters is 2. The minimum absolute atomic E-state index is 0.223. The lowest BCUT2D eigenvalue weighted by Crippen LogP contribution is -2.43. The summed E-state index contributed by atoms with van der Waals surface area (Å²) in [5.74, 6) is -0.775. The van der Waals surface area contributed by atoms with Crippen molar-refractivity contribution in [3.8, 4) is 5.75 Å². The molecule has 1 N–H and O–H groups in total. The molecule has 1 aromatic rings. The minimum Gasteiger partial charge on any atom is -0.494 e. The van der Waals surface area contributed by atoms with Crippen LogP contribution in [0, 0.1) is 11.8 Å². The second kappa shape index (κ2) is 11.6. The van der Waals surface area contributed by atoms with Crippen LogP contribution in [-0.2, 0) is 23.9 Å². The van der Waals surface area contributed by atoms with Gasteiger partial charge in [0.2, 0.25) is 0 Å². The summed E-state index contributed by atoms with van der Waals surface area (Å²) in [6.07, 6.45) is 0.501. The van der Waals surface area contributed by atoms with Crippen LogP contribution in [0.5, 0.6) is 5.75 Å². The van der Waals surface area contributed by atoms with Crippen molar-refractivity contribution in [1.82, 2.24) is 5.32 Å². The molecule has 0 unspecified atom stereocenters. The van der Waals surface area contributed by atoms with Crippen LogP contribution in [0.2, 0.25) is 0 Å². The molecule has 184 valence electrons. The van der Waals surface area contributed by atoms with Gasteiger partial charge in [-0.3, -0.25) is 9.59 Å². The number of hydrogen-bond acceptors (Lipinski definition) is 8. The van der Waals surface area contributed by atoms with Crippen molar-refractivity contribution < 1.29 is 28.6 Å². The topological polar surface area (TPSA) is 90.9 Å². The molecule has 0 amide bonds. The number of ether oxygens (including phenoxy) is 3. The van der Waals surface area contributed by atoms with Gasteiger partial charge in [-0.2, -0.15) is 11.8 Å². The average molecular weight is 488 g/mol. The molecule has 3 rings (SSSR count). The fraction of sp³-hybridized carbons (Fsp3) is 0.500. The standard InChI is InChI=1S/C26H33NO6S/c1-6-32-18-10-8-17(9-11-18)22-21(26(30)33-12-13-34-7-2)16(4)27-19-14-15(3)20(25(29)31-5)24(28)23(19)22/h8-11,15,20,22,27H,6-7,12-14H2,1-5H3/t15-,20+,22-/m0/s1. The van der Waals surface area contributed by atoms with E-state index in [-0.39, 0.29) is 18.3 Å². The Bertz CT molecular complexity index is 997. The lowest BCUT2D eigenvalue weighted by atomic mass is 9.69. The van der Waals surface area contributed by atoms with Crippen molar-refractivity contribution in [3.05, 3.63) is 52.4 Å². The van der Waals surface area contributed by atoms with Crippen molar-refractivity contribution in [1.29, 1.82) is 0 Å². The van der Waals surface area contributed by atoms with Gasteiger partial charge in [-0.05, 0) is 49.6 Å². The zero-order valence-corrected chi connectivity index (χ0v) is 21.3. The Morgan fingerprint density at radius 2 is 1.88 bits per heavy atom. The summed E-state index contributed by atoms with van der Waals surface area (Å²) >= 11 is 1.69. The number of dihydropyridines is 1. The number of ketones is 1. The quantitative estimate of drug-likeness (QED) is 0.318. The van der Waals surface area contributed by atoms with Crippen molar-refractivity contribution >= 4 is 29.5 Å². The Labute approximate surface area is 205 Å². The number of Topliss-reactive ketones (excluding diaryl/α,β-unsaturated/α-hetero) is 1. The number of thioether (sulfide) groups is 1. The Morgan fingerprint density at radius 1 is 1.18 bits per heavy atom. The van der Waals surface area contributed by atoms with E-state index in [2.05, 4.69) is 5.32 Å². The van der Waals surface area contributed by atoms with E-state index in [1.54, 1.807) is 11.8 Å². The summed E-state index contributed by atoms with van der Waals surface area (Å²) in [4.78, 5) is 39.5. The van der Waals surface area contributed by atoms with Gasteiger partial charge in [0.05, 0.1) is 19.3 Å². The van der Waals surface area contributed by atoms with Crippen LogP contribution in [0.15, 0.2) is 46.8 Å². The molecular formula is C26H33NO6S. The van der Waals surface area contributed by atoms with Crippen LogP contribution in [0.1, 0.15) is 45.6 Å². The minimum atomic E-state index is -0.910. The van der Waals surface area contributed by atoms with Crippen molar-refractivity contribution in [2.45, 2.75) is 40.0 Å². The predicted octanol–water partition coefficient (Wildman–Crippen LogP) is 3.99. The molecule has 1 aromatic carbocycles. The van der Waals surface area contributed by atoms with Crippen LogP contribution >= 0.6 is 11.8 Å². The monoisotopic (exact) mass is 487 g/mol. The molecule has 0 spiro atoms. The normalized spacial score (nSPS) is 22.1. The third kappa shape index (κ3) is 5.32. The largest absolute Gasteiger partial charge is 0.494 e. The zero-order valence-electron chi connectivity index (χ0n) is 20.4. The van der Waals surface area contributed by atoms with E-state index in [9.17, 15) is 14.4 Å². The van der Waals surface area contributed by atoms with E-state index in [1.807, 2.05) is 52.0 Å².